The molecule has 28 heavy (non-hydrogen) atoms. The predicted octanol–water partition coefficient (Wildman–Crippen LogP) is 2.88. The highest BCUT2D eigenvalue weighted by Crippen LogP contribution is 2.34. The molecule has 0 saturated heterocycles. The zero-order valence-electron chi connectivity index (χ0n) is 15.3. The molecule has 0 unspecified atom stereocenters. The number of ether oxygens (including phenoxy) is 1. The molecule has 144 valence electrons. The second-order valence-electron chi connectivity index (χ2n) is 6.89. The maximum absolute atomic E-state index is 13.3. The van der Waals surface area contributed by atoms with E-state index in [-0.39, 0.29) is 12.3 Å². The van der Waals surface area contributed by atoms with Gasteiger partial charge in [-0.1, -0.05) is 11.6 Å². The van der Waals surface area contributed by atoms with Crippen LogP contribution in [-0.4, -0.2) is 39.1 Å². The number of H-pyrrole nitrogens is 1. The molecule has 3 aromatic rings. The molecule has 0 radical (unpaired) electrons. The molecule has 0 fully saturated rings. The average molecular weight is 399 g/mol. The van der Waals surface area contributed by atoms with Crippen molar-refractivity contribution in [3.05, 3.63) is 58.5 Å². The van der Waals surface area contributed by atoms with Crippen LogP contribution >= 0.6 is 11.6 Å². The number of aromatic amines is 1. The summed E-state index contributed by atoms with van der Waals surface area (Å²) in [6.07, 6.45) is 5.59. The lowest BCUT2D eigenvalue weighted by Crippen LogP contribution is -2.35. The van der Waals surface area contributed by atoms with Crippen molar-refractivity contribution in [3.63, 3.8) is 0 Å². The molecule has 1 N–H and O–H groups in total. The number of pyridine rings is 1. The molecule has 7 nitrogen and oxygen atoms in total. The standard InChI is InChI=1S/C20H19ClN4O3/c1-28-18(26)8-14-6-13-7-17(21)19-15(9-23-24-19)16(13)11-25(20(14)27)10-12-2-4-22-5-3-12/h2-5,7,9,14H,6,8,10-11H2,1H3,(H,23,24)/t14-/m0/s1. The van der Waals surface area contributed by atoms with E-state index >= 15 is 0 Å². The highest BCUT2D eigenvalue weighted by Gasteiger charge is 2.33. The number of hydrogen-bond acceptors (Lipinski definition) is 5. The van der Waals surface area contributed by atoms with E-state index in [1.165, 1.54) is 7.11 Å². The number of methoxy groups -OCH3 is 1. The van der Waals surface area contributed by atoms with Gasteiger partial charge < -0.3 is 9.64 Å². The lowest BCUT2D eigenvalue weighted by molar-refractivity contribution is -0.147. The highest BCUT2D eigenvalue weighted by atomic mass is 35.5. The minimum atomic E-state index is -0.504. The van der Waals surface area contributed by atoms with Crippen LogP contribution in [-0.2, 0) is 33.8 Å². The number of carbonyl (C=O) groups is 2. The van der Waals surface area contributed by atoms with Gasteiger partial charge in [0.05, 0.1) is 36.2 Å². The van der Waals surface area contributed by atoms with Crippen LogP contribution in [0.1, 0.15) is 23.1 Å². The molecule has 2 aromatic heterocycles. The molecule has 1 aliphatic rings. The zero-order valence-corrected chi connectivity index (χ0v) is 16.1. The Morgan fingerprint density at radius 3 is 2.93 bits per heavy atom. The third-order valence-electron chi connectivity index (χ3n) is 5.13. The molecule has 3 heterocycles. The van der Waals surface area contributed by atoms with Crippen molar-refractivity contribution < 1.29 is 14.3 Å². The van der Waals surface area contributed by atoms with E-state index in [0.717, 1.165) is 27.6 Å². The van der Waals surface area contributed by atoms with E-state index in [2.05, 4.69) is 15.2 Å². The number of nitrogens with zero attached hydrogens (tertiary/aromatic N) is 3. The van der Waals surface area contributed by atoms with Gasteiger partial charge in [0.1, 0.15) is 0 Å². The van der Waals surface area contributed by atoms with E-state index in [4.69, 9.17) is 16.3 Å². The van der Waals surface area contributed by atoms with Gasteiger partial charge in [0.15, 0.2) is 0 Å². The molecule has 1 aromatic carbocycles. The lowest BCUT2D eigenvalue weighted by Gasteiger charge is -2.24. The maximum Gasteiger partial charge on any atom is 0.306 e. The molecule has 8 heteroatoms. The van der Waals surface area contributed by atoms with Crippen LogP contribution in [0.15, 0.2) is 36.8 Å². The number of rotatable bonds is 4. The van der Waals surface area contributed by atoms with E-state index < -0.39 is 11.9 Å². The Hall–Kier alpha value is -2.93. The summed E-state index contributed by atoms with van der Waals surface area (Å²) >= 11 is 6.40. The molecule has 1 aliphatic heterocycles. The third kappa shape index (κ3) is 3.45. The number of nitrogens with one attached hydrogen (secondary N) is 1. The van der Waals surface area contributed by atoms with E-state index in [9.17, 15) is 9.59 Å². The predicted molar refractivity (Wildman–Crippen MR) is 103 cm³/mol. The second kappa shape index (κ2) is 7.59. The Labute approximate surface area is 166 Å². The first-order valence-electron chi connectivity index (χ1n) is 8.94. The first-order valence-corrected chi connectivity index (χ1v) is 9.32. The minimum absolute atomic E-state index is 0.0304. The largest absolute Gasteiger partial charge is 0.469 e. The molecule has 4 rings (SSSR count). The maximum atomic E-state index is 13.3. The Morgan fingerprint density at radius 1 is 1.39 bits per heavy atom. The fraction of sp³-hybridized carbons (Fsp3) is 0.300. The Morgan fingerprint density at radius 2 is 2.18 bits per heavy atom. The van der Waals surface area contributed by atoms with Gasteiger partial charge in [-0.15, -0.1) is 0 Å². The summed E-state index contributed by atoms with van der Waals surface area (Å²) in [5.74, 6) is -0.983. The van der Waals surface area contributed by atoms with Gasteiger partial charge in [-0.25, -0.2) is 0 Å². The SMILES string of the molecule is COC(=O)C[C@@H]1Cc2cc(Cl)c3[nH]ncc3c2CN(Cc2ccncc2)C1=O. The van der Waals surface area contributed by atoms with Crippen LogP contribution in [0.4, 0.5) is 0 Å². The fourth-order valence-electron chi connectivity index (χ4n) is 3.72. The first kappa shape index (κ1) is 18.4. The molecule has 0 spiro atoms. The van der Waals surface area contributed by atoms with Gasteiger partial charge in [-0.3, -0.25) is 19.7 Å². The van der Waals surface area contributed by atoms with Crippen LogP contribution < -0.4 is 0 Å². The van der Waals surface area contributed by atoms with Gasteiger partial charge in [-0.05, 0) is 41.3 Å². The van der Waals surface area contributed by atoms with Crippen molar-refractivity contribution in [3.8, 4) is 0 Å². The van der Waals surface area contributed by atoms with Gasteiger partial charge >= 0.3 is 5.97 Å². The molecule has 0 saturated carbocycles. The summed E-state index contributed by atoms with van der Waals surface area (Å²) in [7, 11) is 1.33. The van der Waals surface area contributed by atoms with E-state index in [0.29, 0.717) is 24.5 Å². The summed E-state index contributed by atoms with van der Waals surface area (Å²) in [6, 6.07) is 5.62. The number of esters is 1. The van der Waals surface area contributed by atoms with Crippen molar-refractivity contribution in [2.45, 2.75) is 25.9 Å². The minimum Gasteiger partial charge on any atom is -0.469 e. The summed E-state index contributed by atoms with van der Waals surface area (Å²) in [5.41, 5.74) is 3.69. The molecule has 0 aliphatic carbocycles. The first-order chi connectivity index (χ1) is 13.6. The van der Waals surface area contributed by atoms with Crippen LogP contribution in [0, 0.1) is 5.92 Å². The van der Waals surface area contributed by atoms with Crippen LogP contribution in [0.2, 0.25) is 5.02 Å². The van der Waals surface area contributed by atoms with E-state index in [1.807, 2.05) is 18.2 Å². The third-order valence-corrected chi connectivity index (χ3v) is 5.43. The Bertz CT molecular complexity index is 1030. The zero-order chi connectivity index (χ0) is 19.7. The van der Waals surface area contributed by atoms with Gasteiger partial charge in [0, 0.05) is 30.9 Å². The average Bonchev–Trinajstić information content (AvgIpc) is 3.16. The Kier molecular flexibility index (Phi) is 5.00. The summed E-state index contributed by atoms with van der Waals surface area (Å²) in [5, 5.41) is 8.48. The lowest BCUT2D eigenvalue weighted by atomic mass is 9.93. The summed E-state index contributed by atoms with van der Waals surface area (Å²) in [6.45, 7) is 0.849. The molecular formula is C20H19ClN4O3. The van der Waals surface area contributed by atoms with Gasteiger partial charge in [0.2, 0.25) is 5.91 Å². The topological polar surface area (TPSA) is 88.2 Å². The van der Waals surface area contributed by atoms with Crippen LogP contribution in [0.25, 0.3) is 10.9 Å². The Balaban J connectivity index is 1.77. The quantitative estimate of drug-likeness (QED) is 0.683. The monoisotopic (exact) mass is 398 g/mol. The number of aromatic nitrogens is 3. The number of amides is 1. The fourth-order valence-corrected chi connectivity index (χ4v) is 3.99. The van der Waals surface area contributed by atoms with Crippen LogP contribution in [0.5, 0.6) is 0 Å². The van der Waals surface area contributed by atoms with Crippen molar-refractivity contribution in [1.82, 2.24) is 20.1 Å². The van der Waals surface area contributed by atoms with Crippen molar-refractivity contribution in [2.24, 2.45) is 5.92 Å². The second-order valence-corrected chi connectivity index (χ2v) is 7.29. The van der Waals surface area contributed by atoms with E-state index in [1.54, 1.807) is 23.5 Å². The number of carbonyl (C=O) groups excluding carboxylic acids is 2. The summed E-state index contributed by atoms with van der Waals surface area (Å²) in [4.78, 5) is 31.0. The van der Waals surface area contributed by atoms with Gasteiger partial charge in [0.25, 0.3) is 0 Å². The molecule has 0 bridgehead atoms. The molecular weight excluding hydrogens is 380 g/mol. The van der Waals surface area contributed by atoms with Crippen LogP contribution in [0.3, 0.4) is 0 Å². The van der Waals surface area contributed by atoms with Gasteiger partial charge in [-0.2, -0.15) is 5.10 Å². The van der Waals surface area contributed by atoms with Crippen molar-refractivity contribution in [1.29, 1.82) is 0 Å². The number of benzene rings is 1. The number of fused-ring (bicyclic) bond motifs is 3. The molecule has 1 amide bonds. The summed E-state index contributed by atoms with van der Waals surface area (Å²) < 4.78 is 4.81. The highest BCUT2D eigenvalue weighted by molar-refractivity contribution is 6.35. The normalized spacial score (nSPS) is 16.7. The molecule has 1 atom stereocenters. The number of halogens is 1. The van der Waals surface area contributed by atoms with Crippen molar-refractivity contribution >= 4 is 34.4 Å². The smallest absolute Gasteiger partial charge is 0.306 e. The van der Waals surface area contributed by atoms with Crippen molar-refractivity contribution in [2.75, 3.05) is 7.11 Å². The number of hydrogen-bond donors (Lipinski definition) is 1.